The van der Waals surface area contributed by atoms with Gasteiger partial charge in [0.25, 0.3) is 5.91 Å². The van der Waals surface area contributed by atoms with E-state index in [2.05, 4.69) is 10.0 Å². The van der Waals surface area contributed by atoms with E-state index in [9.17, 15) is 13.2 Å². The second-order valence-electron chi connectivity index (χ2n) is 9.08. The first-order chi connectivity index (χ1) is 14.0. The van der Waals surface area contributed by atoms with Gasteiger partial charge in [-0.05, 0) is 102 Å². The van der Waals surface area contributed by atoms with Gasteiger partial charge in [0, 0.05) is 11.3 Å². The third-order valence-electron chi connectivity index (χ3n) is 5.59. The largest absolute Gasteiger partial charge is 0.491 e. The van der Waals surface area contributed by atoms with Gasteiger partial charge in [-0.3, -0.25) is 9.52 Å². The molecular formula is C23H32N2O4S. The van der Waals surface area contributed by atoms with Crippen molar-refractivity contribution in [2.24, 2.45) is 0 Å². The van der Waals surface area contributed by atoms with Crippen LogP contribution in [0.5, 0.6) is 0 Å². The Morgan fingerprint density at radius 2 is 1.73 bits per heavy atom. The maximum atomic E-state index is 12.6. The van der Waals surface area contributed by atoms with Crippen LogP contribution in [0, 0.1) is 0 Å². The van der Waals surface area contributed by atoms with E-state index in [0.29, 0.717) is 23.8 Å². The molecule has 2 aliphatic rings. The molecule has 3 rings (SSSR count). The van der Waals surface area contributed by atoms with Crippen LogP contribution in [-0.4, -0.2) is 31.2 Å². The molecule has 7 heteroatoms. The normalized spacial score (nSPS) is 20.3. The van der Waals surface area contributed by atoms with Crippen molar-refractivity contribution in [1.82, 2.24) is 5.32 Å². The van der Waals surface area contributed by atoms with Crippen molar-refractivity contribution >= 4 is 21.6 Å². The molecule has 1 saturated carbocycles. The number of benzene rings is 1. The number of ether oxygens (including phenoxy) is 1. The van der Waals surface area contributed by atoms with Crippen LogP contribution < -0.4 is 10.0 Å². The molecular weight excluding hydrogens is 400 g/mol. The fourth-order valence-corrected chi connectivity index (χ4v) is 4.25. The minimum Gasteiger partial charge on any atom is -0.491 e. The summed E-state index contributed by atoms with van der Waals surface area (Å²) in [4.78, 5) is 12.6. The highest BCUT2D eigenvalue weighted by Crippen LogP contribution is 2.27. The zero-order chi connectivity index (χ0) is 21.9. The van der Waals surface area contributed by atoms with Crippen molar-refractivity contribution in [1.29, 1.82) is 0 Å². The summed E-state index contributed by atoms with van der Waals surface area (Å²) in [6, 6.07) is 6.39. The zero-order valence-electron chi connectivity index (χ0n) is 18.2. The molecule has 1 aromatic carbocycles. The van der Waals surface area contributed by atoms with Gasteiger partial charge in [0.1, 0.15) is 5.76 Å². The van der Waals surface area contributed by atoms with E-state index < -0.39 is 14.8 Å². The Morgan fingerprint density at radius 1 is 1.10 bits per heavy atom. The van der Waals surface area contributed by atoms with Crippen molar-refractivity contribution in [2.75, 3.05) is 4.72 Å². The van der Waals surface area contributed by atoms with Gasteiger partial charge < -0.3 is 10.1 Å². The predicted octanol–water partition coefficient (Wildman–Crippen LogP) is 4.52. The maximum absolute atomic E-state index is 12.6. The quantitative estimate of drug-likeness (QED) is 0.692. The molecule has 1 atom stereocenters. The predicted molar refractivity (Wildman–Crippen MR) is 120 cm³/mol. The van der Waals surface area contributed by atoms with Crippen molar-refractivity contribution in [2.45, 2.75) is 76.7 Å². The van der Waals surface area contributed by atoms with Gasteiger partial charge in [-0.1, -0.05) is 0 Å². The molecule has 164 valence electrons. The van der Waals surface area contributed by atoms with Crippen LogP contribution in [0.15, 0.2) is 47.7 Å². The lowest BCUT2D eigenvalue weighted by atomic mass is 9.99. The highest BCUT2D eigenvalue weighted by atomic mass is 32.2. The van der Waals surface area contributed by atoms with Gasteiger partial charge in [-0.25, -0.2) is 8.42 Å². The van der Waals surface area contributed by atoms with Crippen molar-refractivity contribution in [3.63, 3.8) is 0 Å². The monoisotopic (exact) mass is 432 g/mol. The minimum absolute atomic E-state index is 0.0764. The first kappa shape index (κ1) is 22.4. The number of anilines is 1. The van der Waals surface area contributed by atoms with Gasteiger partial charge in [0.05, 0.1) is 16.9 Å². The van der Waals surface area contributed by atoms with Crippen LogP contribution in [-0.2, 0) is 14.8 Å². The number of hydrogen-bond acceptors (Lipinski definition) is 4. The van der Waals surface area contributed by atoms with E-state index in [1.807, 2.05) is 19.1 Å². The number of sulfonamides is 1. The van der Waals surface area contributed by atoms with E-state index in [-0.39, 0.29) is 11.9 Å². The van der Waals surface area contributed by atoms with E-state index in [1.54, 1.807) is 45.0 Å². The summed E-state index contributed by atoms with van der Waals surface area (Å²) in [5.41, 5.74) is 1.98. The number of rotatable bonds is 6. The molecule has 1 aromatic rings. The van der Waals surface area contributed by atoms with Gasteiger partial charge in [0.2, 0.25) is 10.0 Å². The van der Waals surface area contributed by atoms with Crippen LogP contribution in [0.4, 0.5) is 5.69 Å². The second kappa shape index (κ2) is 8.84. The lowest BCUT2D eigenvalue weighted by Crippen LogP contribution is -2.36. The highest BCUT2D eigenvalue weighted by molar-refractivity contribution is 7.94. The summed E-state index contributed by atoms with van der Waals surface area (Å²) in [7, 11) is -3.50. The summed E-state index contributed by atoms with van der Waals surface area (Å²) >= 11 is 0. The van der Waals surface area contributed by atoms with Gasteiger partial charge in [0.15, 0.2) is 0 Å². The summed E-state index contributed by atoms with van der Waals surface area (Å²) in [5.74, 6) is 0.715. The van der Waals surface area contributed by atoms with E-state index in [4.69, 9.17) is 4.74 Å². The van der Waals surface area contributed by atoms with Gasteiger partial charge in [-0.15, -0.1) is 0 Å². The molecule has 0 bridgehead atoms. The molecule has 0 saturated heterocycles. The summed E-state index contributed by atoms with van der Waals surface area (Å²) in [6.45, 7) is 6.90. The molecule has 0 heterocycles. The van der Waals surface area contributed by atoms with Gasteiger partial charge in [-0.2, -0.15) is 0 Å². The Hall–Kier alpha value is -2.28. The summed E-state index contributed by atoms with van der Waals surface area (Å²) < 4.78 is 32.2. The Bertz CT molecular complexity index is 934. The zero-order valence-corrected chi connectivity index (χ0v) is 19.0. The fourth-order valence-electron chi connectivity index (χ4n) is 3.50. The average molecular weight is 433 g/mol. The maximum Gasteiger partial charge on any atom is 0.251 e. The molecule has 1 fully saturated rings. The number of hydrogen-bond donors (Lipinski definition) is 2. The van der Waals surface area contributed by atoms with E-state index in [1.165, 1.54) is 12.8 Å². The highest BCUT2D eigenvalue weighted by Gasteiger charge is 2.29. The number of allylic oxidation sites excluding steroid dienone is 1. The number of carbonyl (C=O) groups excluding carboxylic acids is 1. The Labute approximate surface area is 179 Å². The first-order valence-electron chi connectivity index (χ1n) is 10.5. The third kappa shape index (κ3) is 5.45. The molecule has 0 aromatic heterocycles. The Kier molecular flexibility index (Phi) is 6.60. The average Bonchev–Trinajstić information content (AvgIpc) is 3.16. The minimum atomic E-state index is -3.50. The topological polar surface area (TPSA) is 84.5 Å². The molecule has 0 radical (unpaired) electrons. The molecule has 2 aliphatic carbocycles. The van der Waals surface area contributed by atoms with Crippen molar-refractivity contribution in [3.8, 4) is 0 Å². The fraction of sp³-hybridized carbons (Fsp3) is 0.522. The smallest absolute Gasteiger partial charge is 0.251 e. The number of carbonyl (C=O) groups is 1. The number of amides is 1. The molecule has 30 heavy (non-hydrogen) atoms. The number of nitrogens with one attached hydrogen (secondary N) is 2. The van der Waals surface area contributed by atoms with Gasteiger partial charge >= 0.3 is 0 Å². The summed E-state index contributed by atoms with van der Waals surface area (Å²) in [5, 5.41) is 3.05. The molecule has 1 unspecified atom stereocenters. The third-order valence-corrected chi connectivity index (χ3v) is 7.71. The standard InChI is InChI=1S/C23H32N2O4S/c1-16-15-20(29-19-7-5-6-8-19)13-14-21(16)24-22(26)17-9-11-18(12-10-17)25-30(27,28)23(2,3)4/h9-13,15,19,21,25H,5-8,14H2,1-4H3,(H,24,26). The molecule has 1 amide bonds. The van der Waals surface area contributed by atoms with Crippen molar-refractivity contribution < 1.29 is 17.9 Å². The van der Waals surface area contributed by atoms with Crippen LogP contribution in [0.25, 0.3) is 0 Å². The SMILES string of the molecule is CC1=CC(OC2CCCC2)=CCC1NC(=O)c1ccc(NS(=O)(=O)C(C)(C)C)cc1. The van der Waals surface area contributed by atoms with Crippen LogP contribution in [0.3, 0.4) is 0 Å². The first-order valence-corrected chi connectivity index (χ1v) is 12.0. The molecule has 6 nitrogen and oxygen atoms in total. The van der Waals surface area contributed by atoms with Crippen LogP contribution >= 0.6 is 0 Å². The lowest BCUT2D eigenvalue weighted by Gasteiger charge is -2.24. The summed E-state index contributed by atoms with van der Waals surface area (Å²) in [6.07, 6.45) is 9.77. The Morgan fingerprint density at radius 3 is 2.30 bits per heavy atom. The molecule has 2 N–H and O–H groups in total. The van der Waals surface area contributed by atoms with E-state index >= 15 is 0 Å². The van der Waals surface area contributed by atoms with Crippen LogP contribution in [0.1, 0.15) is 70.2 Å². The van der Waals surface area contributed by atoms with Crippen LogP contribution in [0.2, 0.25) is 0 Å². The second-order valence-corrected chi connectivity index (χ2v) is 11.5. The van der Waals surface area contributed by atoms with E-state index in [0.717, 1.165) is 24.2 Å². The Balaban J connectivity index is 1.57. The van der Waals surface area contributed by atoms with Crippen molar-refractivity contribution in [3.05, 3.63) is 53.3 Å². The molecule has 0 spiro atoms. The lowest BCUT2D eigenvalue weighted by molar-refractivity contribution is 0.0939. The molecule has 0 aliphatic heterocycles.